The Morgan fingerprint density at radius 2 is 1.41 bits per heavy atom. The average molecular weight is 460 g/mol. The first-order valence-electron chi connectivity index (χ1n) is 10.7. The summed E-state index contributed by atoms with van der Waals surface area (Å²) in [6.45, 7) is 3.54. The number of para-hydroxylation sites is 1. The van der Waals surface area contributed by atoms with Crippen LogP contribution in [0.4, 0.5) is 11.4 Å². The van der Waals surface area contributed by atoms with Crippen molar-refractivity contribution in [1.29, 1.82) is 0 Å². The fourth-order valence-electron chi connectivity index (χ4n) is 3.07. The van der Waals surface area contributed by atoms with E-state index < -0.39 is 23.8 Å². The van der Waals surface area contributed by atoms with Crippen molar-refractivity contribution >= 4 is 35.1 Å². The normalized spacial score (nSPS) is 11.1. The van der Waals surface area contributed by atoms with Crippen LogP contribution in [0.1, 0.15) is 44.9 Å². The summed E-state index contributed by atoms with van der Waals surface area (Å²) in [6.07, 6.45) is 0. The van der Waals surface area contributed by atoms with Gasteiger partial charge in [0.2, 0.25) is 5.91 Å². The molecule has 8 heteroatoms. The van der Waals surface area contributed by atoms with Crippen LogP contribution in [-0.4, -0.2) is 36.3 Å². The third-order valence-electron chi connectivity index (χ3n) is 4.86. The lowest BCUT2D eigenvalue weighted by Gasteiger charge is -2.16. The standard InChI is InChI=1S/C26H25N3O5/c1-3-34-26(33)19-13-15-20(16-14-19)28-23(30)17(2)27-25(32)21-11-7-8-12-22(21)29-24(31)18-9-5-4-6-10-18/h4-17H,3H2,1-2H3,(H,27,32)(H,28,30)(H,29,31)/t17-/m0/s1. The first kappa shape index (κ1) is 24.2. The molecule has 0 aliphatic heterocycles. The molecule has 174 valence electrons. The number of rotatable bonds is 8. The Labute approximate surface area is 197 Å². The molecule has 3 aromatic rings. The van der Waals surface area contributed by atoms with Crippen LogP contribution in [0, 0.1) is 0 Å². The van der Waals surface area contributed by atoms with Crippen molar-refractivity contribution in [2.75, 3.05) is 17.2 Å². The molecule has 3 amide bonds. The van der Waals surface area contributed by atoms with Gasteiger partial charge in [-0.3, -0.25) is 14.4 Å². The number of esters is 1. The molecule has 34 heavy (non-hydrogen) atoms. The molecule has 3 rings (SSSR count). The van der Waals surface area contributed by atoms with Gasteiger partial charge in [-0.2, -0.15) is 0 Å². The molecule has 3 aromatic carbocycles. The third kappa shape index (κ3) is 6.29. The van der Waals surface area contributed by atoms with Crippen LogP contribution < -0.4 is 16.0 Å². The van der Waals surface area contributed by atoms with E-state index >= 15 is 0 Å². The first-order chi connectivity index (χ1) is 16.4. The topological polar surface area (TPSA) is 114 Å². The van der Waals surface area contributed by atoms with Crippen molar-refractivity contribution in [2.45, 2.75) is 19.9 Å². The van der Waals surface area contributed by atoms with E-state index in [-0.39, 0.29) is 18.1 Å². The summed E-state index contributed by atoms with van der Waals surface area (Å²) in [6, 6.07) is 20.6. The van der Waals surface area contributed by atoms with Gasteiger partial charge in [-0.1, -0.05) is 30.3 Å². The number of ether oxygens (including phenoxy) is 1. The number of hydrogen-bond acceptors (Lipinski definition) is 5. The summed E-state index contributed by atoms with van der Waals surface area (Å²) in [5.74, 6) is -1.75. The molecule has 1 atom stereocenters. The highest BCUT2D eigenvalue weighted by molar-refractivity contribution is 6.10. The maximum Gasteiger partial charge on any atom is 0.338 e. The Kier molecular flexibility index (Phi) is 8.12. The van der Waals surface area contributed by atoms with Crippen LogP contribution in [0.5, 0.6) is 0 Å². The lowest BCUT2D eigenvalue weighted by Crippen LogP contribution is -2.41. The van der Waals surface area contributed by atoms with Gasteiger partial charge in [-0.25, -0.2) is 4.79 Å². The highest BCUT2D eigenvalue weighted by Crippen LogP contribution is 2.17. The number of anilines is 2. The number of hydrogen-bond donors (Lipinski definition) is 3. The minimum atomic E-state index is -0.866. The monoisotopic (exact) mass is 459 g/mol. The lowest BCUT2D eigenvalue weighted by molar-refractivity contribution is -0.117. The van der Waals surface area contributed by atoms with Crippen LogP contribution in [0.25, 0.3) is 0 Å². The van der Waals surface area contributed by atoms with Gasteiger partial charge in [-0.15, -0.1) is 0 Å². The molecular weight excluding hydrogens is 434 g/mol. The zero-order valence-electron chi connectivity index (χ0n) is 18.8. The van der Waals surface area contributed by atoms with E-state index in [0.29, 0.717) is 22.5 Å². The molecule has 0 radical (unpaired) electrons. The van der Waals surface area contributed by atoms with E-state index in [0.717, 1.165) is 0 Å². The minimum Gasteiger partial charge on any atom is -0.462 e. The molecule has 0 saturated carbocycles. The fourth-order valence-corrected chi connectivity index (χ4v) is 3.07. The van der Waals surface area contributed by atoms with Crippen molar-refractivity contribution in [1.82, 2.24) is 5.32 Å². The van der Waals surface area contributed by atoms with Gasteiger partial charge in [0.25, 0.3) is 11.8 Å². The van der Waals surface area contributed by atoms with Gasteiger partial charge < -0.3 is 20.7 Å². The van der Waals surface area contributed by atoms with Gasteiger partial charge in [-0.05, 0) is 62.4 Å². The largest absolute Gasteiger partial charge is 0.462 e. The molecule has 0 bridgehead atoms. The number of carbonyl (C=O) groups is 4. The van der Waals surface area contributed by atoms with E-state index in [9.17, 15) is 19.2 Å². The zero-order valence-corrected chi connectivity index (χ0v) is 18.8. The van der Waals surface area contributed by atoms with Crippen molar-refractivity contribution < 1.29 is 23.9 Å². The first-order valence-corrected chi connectivity index (χ1v) is 10.7. The van der Waals surface area contributed by atoms with Crippen LogP contribution in [0.3, 0.4) is 0 Å². The molecule has 0 aliphatic carbocycles. The predicted octanol–water partition coefficient (Wildman–Crippen LogP) is 3.87. The SMILES string of the molecule is CCOC(=O)c1ccc(NC(=O)[C@H](C)NC(=O)c2ccccc2NC(=O)c2ccccc2)cc1. The Balaban J connectivity index is 1.62. The molecule has 8 nitrogen and oxygen atoms in total. The van der Waals surface area contributed by atoms with Gasteiger partial charge in [0.1, 0.15) is 6.04 Å². The van der Waals surface area contributed by atoms with Crippen LogP contribution in [-0.2, 0) is 9.53 Å². The number of carbonyl (C=O) groups excluding carboxylic acids is 4. The van der Waals surface area contributed by atoms with Gasteiger partial charge >= 0.3 is 5.97 Å². The third-order valence-corrected chi connectivity index (χ3v) is 4.86. The maximum atomic E-state index is 12.8. The average Bonchev–Trinajstić information content (AvgIpc) is 2.85. The van der Waals surface area contributed by atoms with Crippen molar-refractivity contribution in [3.05, 3.63) is 95.6 Å². The Morgan fingerprint density at radius 3 is 2.09 bits per heavy atom. The second-order valence-electron chi connectivity index (χ2n) is 7.35. The van der Waals surface area contributed by atoms with E-state index in [1.165, 1.54) is 0 Å². The van der Waals surface area contributed by atoms with Crippen LogP contribution >= 0.6 is 0 Å². The van der Waals surface area contributed by atoms with E-state index in [4.69, 9.17) is 4.74 Å². The number of amides is 3. The molecule has 3 N–H and O–H groups in total. The minimum absolute atomic E-state index is 0.227. The quantitative estimate of drug-likeness (QED) is 0.443. The van der Waals surface area contributed by atoms with E-state index in [1.54, 1.807) is 92.7 Å². The summed E-state index contributed by atoms with van der Waals surface area (Å²) < 4.78 is 4.93. The van der Waals surface area contributed by atoms with Gasteiger partial charge in [0, 0.05) is 11.3 Å². The smallest absolute Gasteiger partial charge is 0.338 e. The van der Waals surface area contributed by atoms with Crippen LogP contribution in [0.2, 0.25) is 0 Å². The molecule has 0 unspecified atom stereocenters. The van der Waals surface area contributed by atoms with Crippen LogP contribution in [0.15, 0.2) is 78.9 Å². The van der Waals surface area contributed by atoms with E-state index in [1.807, 2.05) is 0 Å². The Hall–Kier alpha value is -4.46. The highest BCUT2D eigenvalue weighted by atomic mass is 16.5. The number of benzene rings is 3. The fraction of sp³-hybridized carbons (Fsp3) is 0.154. The molecule has 0 spiro atoms. The molecule has 0 aromatic heterocycles. The van der Waals surface area contributed by atoms with E-state index in [2.05, 4.69) is 16.0 Å². The molecule has 0 fully saturated rings. The molecular formula is C26H25N3O5. The number of nitrogens with one attached hydrogen (secondary N) is 3. The molecule has 0 saturated heterocycles. The summed E-state index contributed by atoms with van der Waals surface area (Å²) in [5.41, 5.74) is 1.85. The summed E-state index contributed by atoms with van der Waals surface area (Å²) in [5, 5.41) is 8.06. The van der Waals surface area contributed by atoms with Crippen molar-refractivity contribution in [3.8, 4) is 0 Å². The maximum absolute atomic E-state index is 12.8. The second kappa shape index (κ2) is 11.4. The summed E-state index contributed by atoms with van der Waals surface area (Å²) in [4.78, 5) is 49.6. The molecule has 0 aliphatic rings. The van der Waals surface area contributed by atoms with Crippen molar-refractivity contribution in [2.24, 2.45) is 0 Å². The second-order valence-corrected chi connectivity index (χ2v) is 7.35. The Bertz CT molecular complexity index is 1180. The predicted molar refractivity (Wildman–Crippen MR) is 129 cm³/mol. The summed E-state index contributed by atoms with van der Waals surface area (Å²) in [7, 11) is 0. The Morgan fingerprint density at radius 1 is 0.765 bits per heavy atom. The van der Waals surface area contributed by atoms with Gasteiger partial charge in [0.05, 0.1) is 23.4 Å². The zero-order chi connectivity index (χ0) is 24.5. The summed E-state index contributed by atoms with van der Waals surface area (Å²) >= 11 is 0. The molecule has 0 heterocycles. The van der Waals surface area contributed by atoms with Gasteiger partial charge in [0.15, 0.2) is 0 Å². The lowest BCUT2D eigenvalue weighted by atomic mass is 10.1. The van der Waals surface area contributed by atoms with Crippen molar-refractivity contribution in [3.63, 3.8) is 0 Å². The highest BCUT2D eigenvalue weighted by Gasteiger charge is 2.20.